The molecule has 0 heterocycles. The van der Waals surface area contributed by atoms with Gasteiger partial charge in [-0.05, 0) is 23.1 Å². The van der Waals surface area contributed by atoms with Crippen molar-refractivity contribution in [2.75, 3.05) is 14.2 Å². The molecule has 0 aliphatic rings. The van der Waals surface area contributed by atoms with Gasteiger partial charge in [0.15, 0.2) is 11.5 Å². The van der Waals surface area contributed by atoms with Crippen LogP contribution in [0.3, 0.4) is 0 Å². The molecular formula is C16H24F2N2O3. The Bertz CT molecular complexity index is 545. The summed E-state index contributed by atoms with van der Waals surface area (Å²) in [7, 11) is 2.98. The van der Waals surface area contributed by atoms with E-state index >= 15 is 0 Å². The van der Waals surface area contributed by atoms with Gasteiger partial charge in [-0.25, -0.2) is 0 Å². The van der Waals surface area contributed by atoms with Gasteiger partial charge >= 0.3 is 6.61 Å². The molecule has 0 aromatic heterocycles. The smallest absolute Gasteiger partial charge is 0.387 e. The summed E-state index contributed by atoms with van der Waals surface area (Å²) >= 11 is 0. The second-order valence-electron chi connectivity index (χ2n) is 6.40. The number of amides is 1. The third-order valence-electron chi connectivity index (χ3n) is 3.44. The van der Waals surface area contributed by atoms with Gasteiger partial charge in [0.1, 0.15) is 0 Å². The Morgan fingerprint density at radius 1 is 1.30 bits per heavy atom. The van der Waals surface area contributed by atoms with Crippen LogP contribution in [0.25, 0.3) is 0 Å². The molecule has 1 amide bonds. The van der Waals surface area contributed by atoms with Crippen molar-refractivity contribution in [1.29, 1.82) is 0 Å². The first-order valence-corrected chi connectivity index (χ1v) is 7.18. The van der Waals surface area contributed by atoms with E-state index in [0.29, 0.717) is 5.56 Å². The quantitative estimate of drug-likeness (QED) is 0.871. The third-order valence-corrected chi connectivity index (χ3v) is 3.44. The average molecular weight is 330 g/mol. The molecule has 0 saturated heterocycles. The monoisotopic (exact) mass is 330 g/mol. The molecular weight excluding hydrogens is 306 g/mol. The van der Waals surface area contributed by atoms with Crippen LogP contribution in [0.5, 0.6) is 11.5 Å². The molecule has 0 spiro atoms. The SMILES string of the molecule is COc1ccc(CN(C)C(=O)[C@@H](N)C(C)(C)C)cc1OC(F)F. The normalized spacial score (nSPS) is 12.9. The van der Waals surface area contributed by atoms with Crippen molar-refractivity contribution in [2.45, 2.75) is 40.0 Å². The number of methoxy groups -OCH3 is 1. The molecule has 0 radical (unpaired) electrons. The van der Waals surface area contributed by atoms with E-state index in [0.717, 1.165) is 0 Å². The number of benzene rings is 1. The molecule has 7 heteroatoms. The maximum Gasteiger partial charge on any atom is 0.387 e. The second kappa shape index (κ2) is 7.59. The Balaban J connectivity index is 2.90. The van der Waals surface area contributed by atoms with Crippen molar-refractivity contribution >= 4 is 5.91 Å². The van der Waals surface area contributed by atoms with Gasteiger partial charge in [0, 0.05) is 13.6 Å². The van der Waals surface area contributed by atoms with Crippen molar-refractivity contribution in [3.8, 4) is 11.5 Å². The summed E-state index contributed by atoms with van der Waals surface area (Å²) in [6.45, 7) is 2.92. The minimum Gasteiger partial charge on any atom is -0.493 e. The van der Waals surface area contributed by atoms with Gasteiger partial charge in [-0.2, -0.15) is 8.78 Å². The Morgan fingerprint density at radius 2 is 1.91 bits per heavy atom. The van der Waals surface area contributed by atoms with Gasteiger partial charge in [-0.15, -0.1) is 0 Å². The topological polar surface area (TPSA) is 64.8 Å². The fraction of sp³-hybridized carbons (Fsp3) is 0.562. The molecule has 1 rings (SSSR count). The molecule has 1 aromatic rings. The van der Waals surface area contributed by atoms with E-state index in [1.165, 1.54) is 24.1 Å². The maximum absolute atomic E-state index is 12.4. The van der Waals surface area contributed by atoms with E-state index in [1.807, 2.05) is 20.8 Å². The number of likely N-dealkylation sites (N-methyl/N-ethyl adjacent to an activating group) is 1. The summed E-state index contributed by atoms with van der Waals surface area (Å²) in [6, 6.07) is 3.98. The number of hydrogen-bond acceptors (Lipinski definition) is 4. The summed E-state index contributed by atoms with van der Waals surface area (Å²) < 4.78 is 34.3. The van der Waals surface area contributed by atoms with Gasteiger partial charge in [-0.3, -0.25) is 4.79 Å². The van der Waals surface area contributed by atoms with Crippen molar-refractivity contribution < 1.29 is 23.0 Å². The first-order valence-electron chi connectivity index (χ1n) is 7.18. The molecule has 1 atom stereocenters. The van der Waals surface area contributed by atoms with Crippen LogP contribution < -0.4 is 15.2 Å². The summed E-state index contributed by atoms with van der Waals surface area (Å²) in [5.41, 5.74) is 6.23. The van der Waals surface area contributed by atoms with Gasteiger partial charge in [0.25, 0.3) is 0 Å². The second-order valence-corrected chi connectivity index (χ2v) is 6.40. The standard InChI is InChI=1S/C16H24F2N2O3/c1-16(2,3)13(19)14(21)20(4)9-10-6-7-11(22-5)12(8-10)23-15(17)18/h6-8,13,15H,9,19H2,1-5H3/t13-/m1/s1. The molecule has 130 valence electrons. The van der Waals surface area contributed by atoms with E-state index in [2.05, 4.69) is 4.74 Å². The summed E-state index contributed by atoms with van der Waals surface area (Å²) in [4.78, 5) is 13.8. The minimum absolute atomic E-state index is 0.0685. The van der Waals surface area contributed by atoms with Gasteiger partial charge in [0.2, 0.25) is 5.91 Å². The molecule has 0 aliphatic heterocycles. The number of nitrogens with zero attached hydrogens (tertiary/aromatic N) is 1. The van der Waals surface area contributed by atoms with E-state index < -0.39 is 12.7 Å². The van der Waals surface area contributed by atoms with Crippen LogP contribution in [0.4, 0.5) is 8.78 Å². The lowest BCUT2D eigenvalue weighted by Gasteiger charge is -2.30. The van der Waals surface area contributed by atoms with Gasteiger partial charge in [-0.1, -0.05) is 26.8 Å². The molecule has 0 unspecified atom stereocenters. The minimum atomic E-state index is -2.95. The number of rotatable bonds is 6. The first-order chi connectivity index (χ1) is 10.6. The molecule has 0 saturated carbocycles. The fourth-order valence-electron chi connectivity index (χ4n) is 1.97. The maximum atomic E-state index is 12.4. The van der Waals surface area contributed by atoms with Gasteiger partial charge in [0.05, 0.1) is 13.2 Å². The van der Waals surface area contributed by atoms with E-state index in [9.17, 15) is 13.6 Å². The molecule has 0 bridgehead atoms. The number of carbonyl (C=O) groups is 1. The van der Waals surface area contributed by atoms with E-state index in [-0.39, 0.29) is 29.4 Å². The Hall–Kier alpha value is -1.89. The Morgan fingerprint density at radius 3 is 2.39 bits per heavy atom. The number of carbonyl (C=O) groups excluding carboxylic acids is 1. The number of alkyl halides is 2. The predicted octanol–water partition coefficient (Wildman–Crippen LogP) is 2.63. The lowest BCUT2D eigenvalue weighted by atomic mass is 9.86. The van der Waals surface area contributed by atoms with Crippen LogP contribution in [-0.4, -0.2) is 37.6 Å². The summed E-state index contributed by atoms with van der Waals surface area (Å²) in [5.74, 6) is -0.0833. The zero-order valence-corrected chi connectivity index (χ0v) is 14.1. The highest BCUT2D eigenvalue weighted by Crippen LogP contribution is 2.30. The summed E-state index contributed by atoms with van der Waals surface area (Å²) in [6.07, 6.45) is 0. The molecule has 23 heavy (non-hydrogen) atoms. The third kappa shape index (κ3) is 5.35. The fourth-order valence-corrected chi connectivity index (χ4v) is 1.97. The Labute approximate surface area is 135 Å². The van der Waals surface area contributed by atoms with Crippen LogP contribution in [0.15, 0.2) is 18.2 Å². The van der Waals surface area contributed by atoms with Crippen molar-refractivity contribution in [1.82, 2.24) is 4.90 Å². The molecule has 5 nitrogen and oxygen atoms in total. The highest BCUT2D eigenvalue weighted by Gasteiger charge is 2.29. The summed E-state index contributed by atoms with van der Waals surface area (Å²) in [5, 5.41) is 0. The van der Waals surface area contributed by atoms with Crippen LogP contribution in [0, 0.1) is 5.41 Å². The average Bonchev–Trinajstić information content (AvgIpc) is 2.44. The number of halogens is 2. The highest BCUT2D eigenvalue weighted by molar-refractivity contribution is 5.82. The lowest BCUT2D eigenvalue weighted by molar-refractivity contribution is -0.134. The largest absolute Gasteiger partial charge is 0.493 e. The molecule has 0 fully saturated rings. The predicted molar refractivity (Wildman–Crippen MR) is 83.5 cm³/mol. The number of ether oxygens (including phenoxy) is 2. The van der Waals surface area contributed by atoms with E-state index in [1.54, 1.807) is 13.1 Å². The van der Waals surface area contributed by atoms with Crippen molar-refractivity contribution in [2.24, 2.45) is 11.1 Å². The Kier molecular flexibility index (Phi) is 6.32. The van der Waals surface area contributed by atoms with Crippen LogP contribution >= 0.6 is 0 Å². The lowest BCUT2D eigenvalue weighted by Crippen LogP contribution is -2.48. The van der Waals surface area contributed by atoms with Crippen molar-refractivity contribution in [3.63, 3.8) is 0 Å². The molecule has 0 aliphatic carbocycles. The number of hydrogen-bond donors (Lipinski definition) is 1. The van der Waals surface area contributed by atoms with E-state index in [4.69, 9.17) is 10.5 Å². The zero-order valence-electron chi connectivity index (χ0n) is 14.1. The van der Waals surface area contributed by atoms with Crippen LogP contribution in [-0.2, 0) is 11.3 Å². The zero-order chi connectivity index (χ0) is 17.8. The highest BCUT2D eigenvalue weighted by atomic mass is 19.3. The van der Waals surface area contributed by atoms with Gasteiger partial charge < -0.3 is 20.1 Å². The molecule has 1 aromatic carbocycles. The number of nitrogens with two attached hydrogens (primary N) is 1. The van der Waals surface area contributed by atoms with Crippen LogP contribution in [0.2, 0.25) is 0 Å². The first kappa shape index (κ1) is 19.2. The van der Waals surface area contributed by atoms with Crippen molar-refractivity contribution in [3.05, 3.63) is 23.8 Å². The molecule has 2 N–H and O–H groups in total. The van der Waals surface area contributed by atoms with Crippen LogP contribution in [0.1, 0.15) is 26.3 Å².